The van der Waals surface area contributed by atoms with E-state index in [1.165, 1.54) is 5.56 Å². The molecule has 1 saturated heterocycles. The molecule has 0 spiro atoms. The van der Waals surface area contributed by atoms with Gasteiger partial charge in [-0.3, -0.25) is 4.79 Å². The lowest BCUT2D eigenvalue weighted by molar-refractivity contribution is -0.133. The van der Waals surface area contributed by atoms with Gasteiger partial charge < -0.3 is 19.7 Å². The lowest BCUT2D eigenvalue weighted by Crippen LogP contribution is -2.44. The maximum Gasteiger partial charge on any atom is 0.226 e. The molecule has 2 aliphatic heterocycles. The van der Waals surface area contributed by atoms with Gasteiger partial charge >= 0.3 is 0 Å². The first kappa shape index (κ1) is 14.8. The van der Waals surface area contributed by atoms with Crippen LogP contribution in [0.5, 0.6) is 11.5 Å². The van der Waals surface area contributed by atoms with Gasteiger partial charge in [0.2, 0.25) is 5.91 Å². The summed E-state index contributed by atoms with van der Waals surface area (Å²) in [7, 11) is 1.97. The fraction of sp³-hybridized carbons (Fsp3) is 0.611. The van der Waals surface area contributed by atoms with Gasteiger partial charge in [-0.1, -0.05) is 6.07 Å². The summed E-state index contributed by atoms with van der Waals surface area (Å²) >= 11 is 0. The number of fused-ring (bicyclic) bond motifs is 1. The molecule has 0 aromatic heterocycles. The highest BCUT2D eigenvalue weighted by Gasteiger charge is 2.46. The summed E-state index contributed by atoms with van der Waals surface area (Å²) in [5.74, 6) is 2.41. The molecule has 3 aliphatic rings. The molecular weight excluding hydrogens is 292 g/mol. The topological polar surface area (TPSA) is 50.8 Å². The number of amides is 1. The molecule has 124 valence electrons. The standard InChI is InChI=1S/C18H24N2O3/c1-20(13-4-6-19-7-5-13)18(21)15-11-14(15)12-2-3-16-17(10-12)23-9-8-22-16/h2-3,10,13-15,19H,4-9,11H2,1H3. The van der Waals surface area contributed by atoms with Crippen LogP contribution < -0.4 is 14.8 Å². The van der Waals surface area contributed by atoms with E-state index in [0.717, 1.165) is 43.9 Å². The summed E-state index contributed by atoms with van der Waals surface area (Å²) in [5, 5.41) is 3.35. The SMILES string of the molecule is CN(C(=O)C1CC1c1ccc2c(c1)OCCO2)C1CCNCC1. The Morgan fingerprint density at radius 3 is 2.70 bits per heavy atom. The quantitative estimate of drug-likeness (QED) is 0.923. The normalized spacial score (nSPS) is 26.7. The largest absolute Gasteiger partial charge is 0.486 e. The minimum absolute atomic E-state index is 0.137. The van der Waals surface area contributed by atoms with Crippen LogP contribution in [0.25, 0.3) is 0 Å². The van der Waals surface area contributed by atoms with Gasteiger partial charge in [0.15, 0.2) is 11.5 Å². The van der Waals surface area contributed by atoms with Crippen molar-refractivity contribution in [2.45, 2.75) is 31.2 Å². The molecule has 4 rings (SSSR count). The van der Waals surface area contributed by atoms with Crippen LogP contribution >= 0.6 is 0 Å². The summed E-state index contributed by atoms with van der Waals surface area (Å²) in [4.78, 5) is 14.7. The number of nitrogens with zero attached hydrogens (tertiary/aromatic N) is 1. The highest BCUT2D eigenvalue weighted by atomic mass is 16.6. The highest BCUT2D eigenvalue weighted by molar-refractivity contribution is 5.83. The van der Waals surface area contributed by atoms with Crippen molar-refractivity contribution in [3.63, 3.8) is 0 Å². The van der Waals surface area contributed by atoms with Crippen molar-refractivity contribution in [1.82, 2.24) is 10.2 Å². The van der Waals surface area contributed by atoms with Crippen molar-refractivity contribution >= 4 is 5.91 Å². The second-order valence-corrected chi connectivity index (χ2v) is 6.78. The number of hydrogen-bond donors (Lipinski definition) is 1. The Bertz CT molecular complexity index is 598. The third-order valence-corrected chi connectivity index (χ3v) is 5.31. The van der Waals surface area contributed by atoms with E-state index in [9.17, 15) is 4.79 Å². The summed E-state index contributed by atoms with van der Waals surface area (Å²) in [6, 6.07) is 6.50. The summed E-state index contributed by atoms with van der Waals surface area (Å²) < 4.78 is 11.2. The predicted molar refractivity (Wildman–Crippen MR) is 86.9 cm³/mol. The molecule has 5 heteroatoms. The Balaban J connectivity index is 1.42. The van der Waals surface area contributed by atoms with E-state index < -0.39 is 0 Å². The van der Waals surface area contributed by atoms with E-state index in [1.807, 2.05) is 18.0 Å². The third-order valence-electron chi connectivity index (χ3n) is 5.31. The smallest absolute Gasteiger partial charge is 0.226 e. The molecule has 1 aromatic carbocycles. The average molecular weight is 316 g/mol. The number of piperidine rings is 1. The number of ether oxygens (including phenoxy) is 2. The number of rotatable bonds is 3. The van der Waals surface area contributed by atoms with Crippen LogP contribution in [0, 0.1) is 5.92 Å². The van der Waals surface area contributed by atoms with Crippen molar-refractivity contribution < 1.29 is 14.3 Å². The zero-order chi connectivity index (χ0) is 15.8. The molecular formula is C18H24N2O3. The zero-order valence-electron chi connectivity index (χ0n) is 13.6. The first-order valence-electron chi connectivity index (χ1n) is 8.61. The van der Waals surface area contributed by atoms with Crippen molar-refractivity contribution in [1.29, 1.82) is 0 Å². The zero-order valence-corrected chi connectivity index (χ0v) is 13.6. The van der Waals surface area contributed by atoms with Crippen molar-refractivity contribution in [3.05, 3.63) is 23.8 Å². The van der Waals surface area contributed by atoms with Crippen LogP contribution in [0.3, 0.4) is 0 Å². The minimum Gasteiger partial charge on any atom is -0.486 e. The van der Waals surface area contributed by atoms with E-state index in [-0.39, 0.29) is 5.92 Å². The number of benzene rings is 1. The van der Waals surface area contributed by atoms with Crippen LogP contribution in [0.4, 0.5) is 0 Å². The molecule has 1 amide bonds. The molecule has 2 unspecified atom stereocenters. The van der Waals surface area contributed by atoms with Crippen LogP contribution in [0.15, 0.2) is 18.2 Å². The van der Waals surface area contributed by atoms with E-state index in [0.29, 0.717) is 31.1 Å². The van der Waals surface area contributed by atoms with Gasteiger partial charge in [0.25, 0.3) is 0 Å². The van der Waals surface area contributed by atoms with Gasteiger partial charge in [0.1, 0.15) is 13.2 Å². The molecule has 2 atom stereocenters. The van der Waals surface area contributed by atoms with E-state index in [4.69, 9.17) is 9.47 Å². The molecule has 2 heterocycles. The molecule has 1 aliphatic carbocycles. The highest BCUT2D eigenvalue weighted by Crippen LogP contribution is 2.50. The van der Waals surface area contributed by atoms with Crippen LogP contribution in [0.2, 0.25) is 0 Å². The third kappa shape index (κ3) is 2.90. The van der Waals surface area contributed by atoms with E-state index in [1.54, 1.807) is 0 Å². The molecule has 0 bridgehead atoms. The number of carbonyl (C=O) groups excluding carboxylic acids is 1. The van der Waals surface area contributed by atoms with Crippen LogP contribution in [-0.2, 0) is 4.79 Å². The Morgan fingerprint density at radius 1 is 1.17 bits per heavy atom. The molecule has 1 saturated carbocycles. The van der Waals surface area contributed by atoms with Gasteiger partial charge in [0.05, 0.1) is 0 Å². The van der Waals surface area contributed by atoms with Gasteiger partial charge in [-0.15, -0.1) is 0 Å². The van der Waals surface area contributed by atoms with Gasteiger partial charge in [-0.2, -0.15) is 0 Å². The lowest BCUT2D eigenvalue weighted by atomic mass is 10.0. The molecule has 1 N–H and O–H groups in total. The second-order valence-electron chi connectivity index (χ2n) is 6.78. The Morgan fingerprint density at radius 2 is 1.91 bits per heavy atom. The fourth-order valence-corrected chi connectivity index (χ4v) is 3.76. The number of hydrogen-bond acceptors (Lipinski definition) is 4. The second kappa shape index (κ2) is 6.04. The van der Waals surface area contributed by atoms with Gasteiger partial charge in [-0.25, -0.2) is 0 Å². The van der Waals surface area contributed by atoms with Gasteiger partial charge in [-0.05, 0) is 56.0 Å². The average Bonchev–Trinajstić information content (AvgIpc) is 3.41. The Kier molecular flexibility index (Phi) is 3.89. The van der Waals surface area contributed by atoms with Crippen molar-refractivity contribution in [2.24, 2.45) is 5.92 Å². The number of carbonyl (C=O) groups is 1. The minimum atomic E-state index is 0.137. The molecule has 1 aromatic rings. The Hall–Kier alpha value is -1.75. The van der Waals surface area contributed by atoms with Crippen molar-refractivity contribution in [3.8, 4) is 11.5 Å². The first-order chi connectivity index (χ1) is 11.2. The lowest BCUT2D eigenvalue weighted by Gasteiger charge is -2.32. The van der Waals surface area contributed by atoms with E-state index >= 15 is 0 Å². The molecule has 23 heavy (non-hydrogen) atoms. The summed E-state index contributed by atoms with van der Waals surface area (Å²) in [5.41, 5.74) is 1.20. The summed E-state index contributed by atoms with van der Waals surface area (Å²) in [6.07, 6.45) is 3.07. The monoisotopic (exact) mass is 316 g/mol. The van der Waals surface area contributed by atoms with Crippen molar-refractivity contribution in [2.75, 3.05) is 33.4 Å². The fourth-order valence-electron chi connectivity index (χ4n) is 3.76. The van der Waals surface area contributed by atoms with E-state index in [2.05, 4.69) is 17.4 Å². The Labute approximate surface area is 136 Å². The molecule has 0 radical (unpaired) electrons. The molecule has 2 fully saturated rings. The first-order valence-corrected chi connectivity index (χ1v) is 8.61. The van der Waals surface area contributed by atoms with Gasteiger partial charge in [0, 0.05) is 19.0 Å². The van der Waals surface area contributed by atoms with Crippen LogP contribution in [-0.4, -0.2) is 50.2 Å². The molecule has 5 nitrogen and oxygen atoms in total. The maximum absolute atomic E-state index is 12.7. The predicted octanol–water partition coefficient (Wildman–Crippen LogP) is 1.77. The summed E-state index contributed by atoms with van der Waals surface area (Å²) in [6.45, 7) is 3.23. The maximum atomic E-state index is 12.7. The number of nitrogens with one attached hydrogen (secondary N) is 1. The van der Waals surface area contributed by atoms with Crippen LogP contribution in [0.1, 0.15) is 30.7 Å².